The first-order chi connectivity index (χ1) is 33.2. The van der Waals surface area contributed by atoms with Crippen LogP contribution in [-0.4, -0.2) is 189 Å². The summed E-state index contributed by atoms with van der Waals surface area (Å²) in [6.45, 7) is 9.28. The van der Waals surface area contributed by atoms with Crippen LogP contribution in [-0.2, 0) is 114 Å². The van der Waals surface area contributed by atoms with E-state index < -0.39 is 165 Å². The van der Waals surface area contributed by atoms with Gasteiger partial charge in [0.05, 0.1) is 0 Å². The van der Waals surface area contributed by atoms with Crippen LogP contribution in [0.25, 0.3) is 0 Å². The van der Waals surface area contributed by atoms with Crippen molar-refractivity contribution in [3.8, 4) is 0 Å². The molecule has 3 fully saturated rings. The van der Waals surface area contributed by atoms with E-state index in [1.165, 1.54) is 7.11 Å². The first-order valence-electron chi connectivity index (χ1n) is 21.5. The van der Waals surface area contributed by atoms with Gasteiger partial charge in [0.2, 0.25) is 0 Å². The topological polar surface area (TPSA) is 348 Å². The van der Waals surface area contributed by atoms with Crippen molar-refractivity contribution in [1.29, 1.82) is 0 Å². The maximum Gasteiger partial charge on any atom is 0.303 e. The fraction of sp³-hybridized carbons (Fsp3) is 0.707. The Labute approximate surface area is 416 Å². The Hall–Kier alpha value is -6.08. The summed E-state index contributed by atoms with van der Waals surface area (Å²) in [5.41, 5.74) is 0. The standard InChI is InChI=1S/C41H58N4O24S2/c1-15(46)57-14-27-30(60-18(4)49)32(62-20(6)51)35(65-23(9)54)38(68-27)45-40(70)42-12-25-28(58-16(2)47)31(61-19(5)50)34(64-22(8)53)37(67-25)44-41(71)43-13-26-29(59-17(3)48)33(63-21(7)52)36(66-24(10)55)39(56-11)69-26/h25-39H,12-14H2,1-11H3,(H2,42,45,70)(H2,43,44,71)/t25-,26-,27-,28-,29-,30-,31+,32+,33+,34-,35-,36-,37-,38-,39+/m1/s1. The van der Waals surface area contributed by atoms with Crippen LogP contribution in [0.2, 0.25) is 0 Å². The van der Waals surface area contributed by atoms with Gasteiger partial charge in [0.15, 0.2) is 83.9 Å². The summed E-state index contributed by atoms with van der Waals surface area (Å²) in [5.74, 6) is -8.54. The summed E-state index contributed by atoms with van der Waals surface area (Å²) in [6.07, 6.45) is -22.0. The lowest BCUT2D eigenvalue weighted by Gasteiger charge is -2.46. The van der Waals surface area contributed by atoms with Crippen LogP contribution in [0.5, 0.6) is 0 Å². The molecular weight excluding hydrogens is 997 g/mol. The molecule has 0 aromatic heterocycles. The van der Waals surface area contributed by atoms with E-state index in [2.05, 4.69) is 21.3 Å². The van der Waals surface area contributed by atoms with Gasteiger partial charge in [-0.2, -0.15) is 0 Å². The molecule has 0 aromatic carbocycles. The largest absolute Gasteiger partial charge is 0.463 e. The smallest absolute Gasteiger partial charge is 0.303 e. The number of methoxy groups -OCH3 is 1. The molecule has 398 valence electrons. The SMILES string of the molecule is CO[C@H]1O[C@H](CNC(=S)N[C@@H]2O[C@H](CNC(=S)N[C@@H]3O[C@H](COC(C)=O)[C@@H](OC(C)=O)[C@H](OC(C)=O)[C@H]3OC(C)=O)[C@@H](OC(C)=O)[C@H](OC(C)=O)[C@H]2OC(C)=O)[C@@H](OC(C)=O)[C@H](OC(C)=O)[C@H]1OC(C)=O. The molecule has 0 spiro atoms. The Balaban J connectivity index is 1.97. The summed E-state index contributed by atoms with van der Waals surface area (Å²) >= 11 is 11.1. The lowest BCUT2D eigenvalue weighted by Crippen LogP contribution is -2.68. The zero-order valence-electron chi connectivity index (χ0n) is 40.4. The van der Waals surface area contributed by atoms with E-state index in [9.17, 15) is 47.9 Å². The van der Waals surface area contributed by atoms with Gasteiger partial charge in [-0.3, -0.25) is 47.9 Å². The molecule has 0 radical (unpaired) electrons. The highest BCUT2D eigenvalue weighted by Gasteiger charge is 2.55. The van der Waals surface area contributed by atoms with Crippen LogP contribution in [0, 0.1) is 0 Å². The third-order valence-electron chi connectivity index (χ3n) is 9.73. The van der Waals surface area contributed by atoms with Crippen LogP contribution in [0.1, 0.15) is 69.2 Å². The maximum absolute atomic E-state index is 12.6. The molecule has 28 nitrogen and oxygen atoms in total. The number of carbonyl (C=O) groups excluding carboxylic acids is 10. The molecule has 71 heavy (non-hydrogen) atoms. The van der Waals surface area contributed by atoms with Gasteiger partial charge < -0.3 is 87.6 Å². The van der Waals surface area contributed by atoms with Gasteiger partial charge in [0.25, 0.3) is 0 Å². The fourth-order valence-electron chi connectivity index (χ4n) is 7.48. The van der Waals surface area contributed by atoms with Crippen molar-refractivity contribution >= 4 is 94.4 Å². The molecule has 4 N–H and O–H groups in total. The van der Waals surface area contributed by atoms with Crippen LogP contribution < -0.4 is 21.3 Å². The Kier molecular flexibility index (Phi) is 22.9. The average Bonchev–Trinajstić information content (AvgIpc) is 3.23. The summed E-state index contributed by atoms with van der Waals surface area (Å²) < 4.78 is 78.1. The molecule has 0 saturated carbocycles. The molecule has 3 aliphatic heterocycles. The molecule has 3 saturated heterocycles. The number of hydrogen-bond donors (Lipinski definition) is 4. The molecule has 3 rings (SSSR count). The molecule has 0 aliphatic carbocycles. The molecule has 0 bridgehead atoms. The summed E-state index contributed by atoms with van der Waals surface area (Å²) in [6, 6.07) is 0. The number of rotatable bonds is 18. The molecule has 0 aromatic rings. The molecule has 0 unspecified atom stereocenters. The molecule has 15 atom stereocenters. The van der Waals surface area contributed by atoms with Crippen LogP contribution in [0.15, 0.2) is 0 Å². The van der Waals surface area contributed by atoms with Crippen molar-refractivity contribution < 1.29 is 114 Å². The van der Waals surface area contributed by atoms with Gasteiger partial charge in [0, 0.05) is 89.4 Å². The summed E-state index contributed by atoms with van der Waals surface area (Å²) in [7, 11) is 1.22. The van der Waals surface area contributed by atoms with Gasteiger partial charge in [-0.05, 0) is 24.4 Å². The van der Waals surface area contributed by atoms with E-state index >= 15 is 0 Å². The number of esters is 10. The quantitative estimate of drug-likeness (QED) is 0.0636. The molecule has 3 aliphatic rings. The highest BCUT2D eigenvalue weighted by Crippen LogP contribution is 2.32. The Morgan fingerprint density at radius 1 is 0.380 bits per heavy atom. The van der Waals surface area contributed by atoms with Crippen LogP contribution in [0.3, 0.4) is 0 Å². The first kappa shape index (κ1) is 59.2. The monoisotopic (exact) mass is 1050 g/mol. The lowest BCUT2D eigenvalue weighted by atomic mass is 9.96. The molecular formula is C41H58N4O24S2. The normalized spacial score (nSPS) is 29.9. The van der Waals surface area contributed by atoms with E-state index in [-0.39, 0.29) is 16.8 Å². The number of ether oxygens (including phenoxy) is 14. The Bertz CT molecular complexity index is 2010. The first-order valence-corrected chi connectivity index (χ1v) is 22.3. The third kappa shape index (κ3) is 18.6. The molecule has 0 amide bonds. The number of nitrogens with one attached hydrogen (secondary N) is 4. The predicted molar refractivity (Wildman–Crippen MR) is 237 cm³/mol. The van der Waals surface area contributed by atoms with E-state index in [4.69, 9.17) is 90.8 Å². The van der Waals surface area contributed by atoms with Crippen molar-refractivity contribution in [2.75, 3.05) is 26.8 Å². The number of hydrogen-bond acceptors (Lipinski definition) is 26. The van der Waals surface area contributed by atoms with Crippen molar-refractivity contribution in [2.24, 2.45) is 0 Å². The van der Waals surface area contributed by atoms with Gasteiger partial charge in [-0.1, -0.05) is 0 Å². The van der Waals surface area contributed by atoms with E-state index in [0.29, 0.717) is 0 Å². The second-order valence-electron chi connectivity index (χ2n) is 15.6. The Morgan fingerprint density at radius 2 is 0.662 bits per heavy atom. The predicted octanol–water partition coefficient (Wildman–Crippen LogP) is -2.32. The van der Waals surface area contributed by atoms with Gasteiger partial charge in [0.1, 0.15) is 24.9 Å². The Morgan fingerprint density at radius 3 is 1.00 bits per heavy atom. The van der Waals surface area contributed by atoms with Gasteiger partial charge in [-0.15, -0.1) is 0 Å². The fourth-order valence-corrected chi connectivity index (χ4v) is 7.87. The number of carbonyl (C=O) groups is 10. The second-order valence-corrected chi connectivity index (χ2v) is 16.5. The summed E-state index contributed by atoms with van der Waals surface area (Å²) in [5, 5.41) is 10.7. The molecule has 3 heterocycles. The minimum Gasteiger partial charge on any atom is -0.463 e. The minimum atomic E-state index is -1.61. The van der Waals surface area contributed by atoms with Crippen LogP contribution >= 0.6 is 24.4 Å². The highest BCUT2D eigenvalue weighted by molar-refractivity contribution is 7.80. The zero-order chi connectivity index (χ0) is 53.4. The average molecular weight is 1060 g/mol. The lowest BCUT2D eigenvalue weighted by molar-refractivity contribution is -0.296. The second kappa shape index (κ2) is 27.5. The third-order valence-corrected chi connectivity index (χ3v) is 10.3. The zero-order valence-corrected chi connectivity index (χ0v) is 42.0. The minimum absolute atomic E-state index is 0.266. The van der Waals surface area contributed by atoms with E-state index in [0.717, 1.165) is 69.2 Å². The van der Waals surface area contributed by atoms with Crippen molar-refractivity contribution in [1.82, 2.24) is 21.3 Å². The van der Waals surface area contributed by atoms with Crippen molar-refractivity contribution in [2.45, 2.75) is 161 Å². The highest BCUT2D eigenvalue weighted by atomic mass is 32.1. The van der Waals surface area contributed by atoms with Gasteiger partial charge >= 0.3 is 59.7 Å². The van der Waals surface area contributed by atoms with Gasteiger partial charge in [-0.25, -0.2) is 0 Å². The van der Waals surface area contributed by atoms with E-state index in [1.54, 1.807) is 0 Å². The van der Waals surface area contributed by atoms with Crippen LogP contribution in [0.4, 0.5) is 0 Å². The maximum atomic E-state index is 12.6. The van der Waals surface area contributed by atoms with Crippen molar-refractivity contribution in [3.63, 3.8) is 0 Å². The summed E-state index contributed by atoms with van der Waals surface area (Å²) in [4.78, 5) is 123. The molecule has 30 heteroatoms. The number of thiocarbonyl (C=S) groups is 2. The van der Waals surface area contributed by atoms with Crippen molar-refractivity contribution in [3.05, 3.63) is 0 Å². The van der Waals surface area contributed by atoms with E-state index in [1.807, 2.05) is 0 Å².